The van der Waals surface area contributed by atoms with E-state index in [0.29, 0.717) is 5.76 Å². The summed E-state index contributed by atoms with van der Waals surface area (Å²) in [5.74, 6) is -1.42. The van der Waals surface area contributed by atoms with E-state index in [9.17, 15) is 14.7 Å². The van der Waals surface area contributed by atoms with Crippen molar-refractivity contribution in [2.75, 3.05) is 0 Å². The van der Waals surface area contributed by atoms with E-state index >= 15 is 0 Å². The smallest absolute Gasteiger partial charge is 0.253 e. The summed E-state index contributed by atoms with van der Waals surface area (Å²) in [5.41, 5.74) is 0.268. The summed E-state index contributed by atoms with van der Waals surface area (Å²) in [5, 5.41) is 13.6. The topological polar surface area (TPSA) is 82.4 Å². The molecule has 1 N–H and O–H groups in total. The summed E-state index contributed by atoms with van der Waals surface area (Å²) in [6.07, 6.45) is 1.02. The van der Waals surface area contributed by atoms with Crippen molar-refractivity contribution in [2.24, 2.45) is 0 Å². The molecule has 0 fully saturated rings. The molecule has 0 bridgehead atoms. The highest BCUT2D eigenvalue weighted by Gasteiger charge is 2.19. The molecule has 6 heteroatoms. The van der Waals surface area contributed by atoms with Gasteiger partial charge in [-0.25, -0.2) is 0 Å². The zero-order valence-electron chi connectivity index (χ0n) is 10.3. The van der Waals surface area contributed by atoms with Gasteiger partial charge in [-0.05, 0) is 24.3 Å². The molecular formula is C14H11ClNO4-. The molecular weight excluding hydrogens is 282 g/mol. The van der Waals surface area contributed by atoms with Gasteiger partial charge in [-0.15, -0.1) is 0 Å². The molecule has 0 saturated carbocycles. The van der Waals surface area contributed by atoms with E-state index in [2.05, 4.69) is 5.32 Å². The van der Waals surface area contributed by atoms with Crippen LogP contribution in [0.3, 0.4) is 0 Å². The average molecular weight is 293 g/mol. The lowest BCUT2D eigenvalue weighted by Crippen LogP contribution is -2.34. The average Bonchev–Trinajstić information content (AvgIpc) is 2.91. The molecule has 5 nitrogen and oxygen atoms in total. The Morgan fingerprint density at radius 1 is 1.25 bits per heavy atom. The standard InChI is InChI=1S/C14H12ClNO4/c15-10-5-2-1-4-9(10)14(19)16-11(8-13(17)18)12-6-3-7-20-12/h1-7,11H,8H2,(H,16,19)(H,17,18)/p-1/t11-/m0/s1. The van der Waals surface area contributed by atoms with E-state index in [1.807, 2.05) is 0 Å². The Labute approximate surface area is 120 Å². The Hall–Kier alpha value is -2.27. The zero-order valence-corrected chi connectivity index (χ0v) is 11.1. The van der Waals surface area contributed by atoms with Gasteiger partial charge >= 0.3 is 0 Å². The van der Waals surface area contributed by atoms with Gasteiger partial charge in [-0.2, -0.15) is 0 Å². The fourth-order valence-corrected chi connectivity index (χ4v) is 1.98. The van der Waals surface area contributed by atoms with Crippen LogP contribution in [0.1, 0.15) is 28.6 Å². The molecule has 2 rings (SSSR count). The van der Waals surface area contributed by atoms with E-state index in [0.717, 1.165) is 0 Å². The van der Waals surface area contributed by atoms with Crippen LogP contribution in [0, 0.1) is 0 Å². The SMILES string of the molecule is O=C([O-])C[C@H](NC(=O)c1ccccc1Cl)c1ccco1. The van der Waals surface area contributed by atoms with Crippen LogP contribution in [0.25, 0.3) is 0 Å². The van der Waals surface area contributed by atoms with Crippen molar-refractivity contribution in [1.82, 2.24) is 5.32 Å². The van der Waals surface area contributed by atoms with Crippen molar-refractivity contribution in [3.05, 3.63) is 59.0 Å². The molecule has 0 aliphatic carbocycles. The molecule has 1 aromatic heterocycles. The number of benzene rings is 1. The molecule has 1 aromatic carbocycles. The minimum Gasteiger partial charge on any atom is -0.550 e. The van der Waals surface area contributed by atoms with Gasteiger partial charge in [0.25, 0.3) is 5.91 Å². The second-order valence-electron chi connectivity index (χ2n) is 4.10. The van der Waals surface area contributed by atoms with Crippen LogP contribution in [0.5, 0.6) is 0 Å². The van der Waals surface area contributed by atoms with Gasteiger partial charge in [0.1, 0.15) is 5.76 Å². The third-order valence-corrected chi connectivity index (χ3v) is 3.01. The van der Waals surface area contributed by atoms with Gasteiger partial charge in [0.05, 0.1) is 22.9 Å². The van der Waals surface area contributed by atoms with Gasteiger partial charge < -0.3 is 19.6 Å². The summed E-state index contributed by atoms with van der Waals surface area (Å²) in [7, 11) is 0. The number of hydrogen-bond donors (Lipinski definition) is 1. The molecule has 0 saturated heterocycles. The first-order chi connectivity index (χ1) is 9.58. The van der Waals surface area contributed by atoms with E-state index in [4.69, 9.17) is 16.0 Å². The van der Waals surface area contributed by atoms with Crippen LogP contribution in [0.4, 0.5) is 0 Å². The van der Waals surface area contributed by atoms with E-state index in [-0.39, 0.29) is 17.0 Å². The van der Waals surface area contributed by atoms with Crippen molar-refractivity contribution in [2.45, 2.75) is 12.5 Å². The van der Waals surface area contributed by atoms with E-state index in [1.165, 1.54) is 6.26 Å². The number of halogens is 1. The third kappa shape index (κ3) is 3.39. The van der Waals surface area contributed by atoms with Gasteiger partial charge in [0.2, 0.25) is 0 Å². The van der Waals surface area contributed by atoms with Crippen LogP contribution < -0.4 is 10.4 Å². The van der Waals surface area contributed by atoms with Crippen molar-refractivity contribution in [3.63, 3.8) is 0 Å². The predicted molar refractivity (Wildman–Crippen MR) is 70.0 cm³/mol. The van der Waals surface area contributed by atoms with Crippen LogP contribution >= 0.6 is 11.6 Å². The lowest BCUT2D eigenvalue weighted by molar-refractivity contribution is -0.306. The molecule has 1 heterocycles. The maximum Gasteiger partial charge on any atom is 0.253 e. The summed E-state index contributed by atoms with van der Waals surface area (Å²) in [6, 6.07) is 8.89. The number of nitrogens with one attached hydrogen (secondary N) is 1. The maximum atomic E-state index is 12.1. The third-order valence-electron chi connectivity index (χ3n) is 2.68. The largest absolute Gasteiger partial charge is 0.550 e. The number of aliphatic carboxylic acids is 1. The molecule has 104 valence electrons. The Balaban J connectivity index is 2.18. The van der Waals surface area contributed by atoms with E-state index in [1.54, 1.807) is 36.4 Å². The van der Waals surface area contributed by atoms with Crippen LogP contribution in [-0.2, 0) is 4.79 Å². The monoisotopic (exact) mass is 292 g/mol. The van der Waals surface area contributed by atoms with Gasteiger partial charge in [-0.3, -0.25) is 4.79 Å². The number of carboxylic acid groups (broad SMARTS) is 1. The van der Waals surface area contributed by atoms with Crippen molar-refractivity contribution >= 4 is 23.5 Å². The van der Waals surface area contributed by atoms with Gasteiger partial charge in [0.15, 0.2) is 0 Å². The fourth-order valence-electron chi connectivity index (χ4n) is 1.76. The number of carboxylic acids is 1. The van der Waals surface area contributed by atoms with Crippen LogP contribution in [0.2, 0.25) is 5.02 Å². The number of rotatable bonds is 5. The highest BCUT2D eigenvalue weighted by atomic mass is 35.5. The molecule has 1 atom stereocenters. The fraction of sp³-hybridized carbons (Fsp3) is 0.143. The van der Waals surface area contributed by atoms with Crippen molar-refractivity contribution in [3.8, 4) is 0 Å². The summed E-state index contributed by atoms with van der Waals surface area (Å²) < 4.78 is 5.12. The number of hydrogen-bond acceptors (Lipinski definition) is 4. The normalized spacial score (nSPS) is 11.8. The molecule has 20 heavy (non-hydrogen) atoms. The minimum absolute atomic E-state index is 0.268. The molecule has 1 amide bonds. The summed E-state index contributed by atoms with van der Waals surface area (Å²) in [6.45, 7) is 0. The first kappa shape index (κ1) is 14.1. The molecule has 0 spiro atoms. The van der Waals surface area contributed by atoms with Crippen molar-refractivity contribution in [1.29, 1.82) is 0 Å². The molecule has 0 radical (unpaired) electrons. The number of carbonyl (C=O) groups is 2. The lowest BCUT2D eigenvalue weighted by atomic mass is 10.1. The summed E-state index contributed by atoms with van der Waals surface area (Å²) >= 11 is 5.92. The molecule has 2 aromatic rings. The first-order valence-corrected chi connectivity index (χ1v) is 6.24. The second kappa shape index (κ2) is 6.25. The van der Waals surface area contributed by atoms with Crippen molar-refractivity contribution < 1.29 is 19.1 Å². The van der Waals surface area contributed by atoms with Gasteiger partial charge in [0, 0.05) is 12.4 Å². The number of carbonyl (C=O) groups excluding carboxylic acids is 2. The quantitative estimate of drug-likeness (QED) is 0.906. The Morgan fingerprint density at radius 2 is 2.00 bits per heavy atom. The first-order valence-electron chi connectivity index (χ1n) is 5.86. The lowest BCUT2D eigenvalue weighted by Gasteiger charge is -2.17. The second-order valence-corrected chi connectivity index (χ2v) is 4.50. The zero-order chi connectivity index (χ0) is 14.5. The number of furan rings is 1. The Morgan fingerprint density at radius 3 is 2.60 bits per heavy atom. The maximum absolute atomic E-state index is 12.1. The summed E-state index contributed by atoms with van der Waals surface area (Å²) in [4.78, 5) is 22.9. The minimum atomic E-state index is -1.29. The highest BCUT2D eigenvalue weighted by molar-refractivity contribution is 6.33. The number of amides is 1. The molecule has 0 aliphatic heterocycles. The van der Waals surface area contributed by atoms with Gasteiger partial charge in [-0.1, -0.05) is 23.7 Å². The van der Waals surface area contributed by atoms with Crippen LogP contribution in [0.15, 0.2) is 47.1 Å². The van der Waals surface area contributed by atoms with E-state index < -0.39 is 17.9 Å². The predicted octanol–water partition coefficient (Wildman–Crippen LogP) is 1.54. The Bertz CT molecular complexity index is 609. The molecule has 0 unspecified atom stereocenters. The Kier molecular flexibility index (Phi) is 4.42. The molecule has 0 aliphatic rings. The van der Waals surface area contributed by atoms with Crippen LogP contribution in [-0.4, -0.2) is 11.9 Å². The highest BCUT2D eigenvalue weighted by Crippen LogP contribution is 2.20.